The van der Waals surface area contributed by atoms with E-state index in [9.17, 15) is 9.90 Å². The summed E-state index contributed by atoms with van der Waals surface area (Å²) < 4.78 is 0. The molecule has 0 radical (unpaired) electrons. The molecule has 0 fully saturated rings. The van der Waals surface area contributed by atoms with Gasteiger partial charge in [-0.2, -0.15) is 4.99 Å². The van der Waals surface area contributed by atoms with E-state index in [2.05, 4.69) is 15.3 Å². The van der Waals surface area contributed by atoms with E-state index in [1.165, 1.54) is 6.07 Å². The van der Waals surface area contributed by atoms with Crippen LogP contribution >= 0.6 is 0 Å². The van der Waals surface area contributed by atoms with E-state index < -0.39 is 5.97 Å². The molecule has 0 saturated heterocycles. The van der Waals surface area contributed by atoms with E-state index in [1.807, 2.05) is 31.2 Å². The lowest BCUT2D eigenvalue weighted by molar-refractivity contribution is 0.0698. The summed E-state index contributed by atoms with van der Waals surface area (Å²) in [5, 5.41) is 12.5. The van der Waals surface area contributed by atoms with Gasteiger partial charge in [0.1, 0.15) is 0 Å². The minimum absolute atomic E-state index is 0.0503. The average Bonchev–Trinajstić information content (AvgIpc) is 2.50. The zero-order valence-corrected chi connectivity index (χ0v) is 13.0. The highest BCUT2D eigenvalue weighted by atomic mass is 16.4. The van der Waals surface area contributed by atoms with Crippen LogP contribution < -0.4 is 22.5 Å². The summed E-state index contributed by atoms with van der Waals surface area (Å²) in [5.74, 6) is -1.51. The van der Waals surface area contributed by atoms with Crippen molar-refractivity contribution in [3.8, 4) is 0 Å². The van der Waals surface area contributed by atoms with Gasteiger partial charge in [-0.1, -0.05) is 23.8 Å². The first-order valence-corrected chi connectivity index (χ1v) is 7.00. The molecule has 0 amide bonds. The number of guanidine groups is 2. The van der Waals surface area contributed by atoms with Crippen molar-refractivity contribution in [3.63, 3.8) is 0 Å². The molecule has 0 saturated carbocycles. The van der Waals surface area contributed by atoms with Crippen molar-refractivity contribution in [1.29, 1.82) is 0 Å². The normalized spacial score (nSPS) is 11.0. The molecule has 2 aromatic rings. The lowest BCUT2D eigenvalue weighted by Gasteiger charge is -2.13. The first kappa shape index (κ1) is 16.8. The number of carboxylic acid groups (broad SMARTS) is 1. The van der Waals surface area contributed by atoms with Gasteiger partial charge in [-0.05, 0) is 31.2 Å². The summed E-state index contributed by atoms with van der Waals surface area (Å²) in [6.07, 6.45) is 0. The van der Waals surface area contributed by atoms with Crippen molar-refractivity contribution in [2.45, 2.75) is 6.92 Å². The maximum absolute atomic E-state index is 11.5. The van der Waals surface area contributed by atoms with Crippen molar-refractivity contribution in [2.24, 2.45) is 27.2 Å². The smallest absolute Gasteiger partial charge is 0.337 e. The number of rotatable bonds is 4. The Morgan fingerprint density at radius 2 is 1.75 bits per heavy atom. The number of hydrogen-bond acceptors (Lipinski definition) is 3. The third-order valence-electron chi connectivity index (χ3n) is 3.07. The van der Waals surface area contributed by atoms with Crippen molar-refractivity contribution >= 4 is 35.0 Å². The number of carboxylic acids is 1. The largest absolute Gasteiger partial charge is 0.478 e. The molecular formula is C16H18N6O2. The van der Waals surface area contributed by atoms with Crippen LogP contribution in [-0.2, 0) is 0 Å². The quantitative estimate of drug-likeness (QED) is 0.425. The molecule has 0 heterocycles. The van der Waals surface area contributed by atoms with Crippen LogP contribution in [0.3, 0.4) is 0 Å². The lowest BCUT2D eigenvalue weighted by Crippen LogP contribution is -2.26. The number of aromatic carboxylic acids is 1. The number of carbonyl (C=O) groups is 1. The molecule has 0 aliphatic carbocycles. The van der Waals surface area contributed by atoms with Crippen LogP contribution in [0.4, 0.5) is 17.1 Å². The van der Waals surface area contributed by atoms with Gasteiger partial charge in [0.15, 0.2) is 5.96 Å². The van der Waals surface area contributed by atoms with Crippen LogP contribution in [0.15, 0.2) is 52.4 Å². The SMILES string of the molecule is Cc1ccc(Nc2c(N=C(N)N=C(N)N)cccc2C(=O)O)cc1. The van der Waals surface area contributed by atoms with Gasteiger partial charge in [0, 0.05) is 5.69 Å². The van der Waals surface area contributed by atoms with Crippen molar-refractivity contribution in [1.82, 2.24) is 0 Å². The first-order chi connectivity index (χ1) is 11.4. The Kier molecular flexibility index (Phi) is 5.00. The zero-order valence-electron chi connectivity index (χ0n) is 13.0. The first-order valence-electron chi connectivity index (χ1n) is 7.00. The number of hydrogen-bond donors (Lipinski definition) is 5. The highest BCUT2D eigenvalue weighted by molar-refractivity contribution is 6.00. The van der Waals surface area contributed by atoms with E-state index in [0.717, 1.165) is 5.56 Å². The number of nitrogens with one attached hydrogen (secondary N) is 1. The molecule has 2 aromatic carbocycles. The van der Waals surface area contributed by atoms with E-state index in [-0.39, 0.29) is 17.5 Å². The van der Waals surface area contributed by atoms with Crippen LogP contribution in [0.5, 0.6) is 0 Å². The molecule has 8 heteroatoms. The van der Waals surface area contributed by atoms with Gasteiger partial charge in [0.05, 0.1) is 16.9 Å². The van der Waals surface area contributed by atoms with Gasteiger partial charge in [-0.3, -0.25) is 0 Å². The summed E-state index contributed by atoms with van der Waals surface area (Å²) in [5.41, 5.74) is 18.6. The second kappa shape index (κ2) is 7.14. The van der Waals surface area contributed by atoms with Crippen LogP contribution in [0.2, 0.25) is 0 Å². The third kappa shape index (κ3) is 4.23. The maximum atomic E-state index is 11.5. The van der Waals surface area contributed by atoms with Crippen LogP contribution in [-0.4, -0.2) is 23.0 Å². The van der Waals surface area contributed by atoms with Crippen molar-refractivity contribution in [3.05, 3.63) is 53.6 Å². The number of benzene rings is 2. The van der Waals surface area contributed by atoms with E-state index >= 15 is 0 Å². The highest BCUT2D eigenvalue weighted by Crippen LogP contribution is 2.32. The molecule has 0 bridgehead atoms. The Hall–Kier alpha value is -3.55. The summed E-state index contributed by atoms with van der Waals surface area (Å²) >= 11 is 0. The number of nitrogens with zero attached hydrogens (tertiary/aromatic N) is 2. The Bertz CT molecular complexity index is 808. The number of aryl methyl sites for hydroxylation is 1. The molecule has 8 nitrogen and oxygen atoms in total. The standard InChI is InChI=1S/C16H18N6O2/c1-9-5-7-10(8-6-9)20-13-11(14(23)24)3-2-4-12(13)21-16(19)22-15(17)18/h2-8,20H,1H3,(H,23,24)(H6,17,18,19,21,22). The van der Waals surface area contributed by atoms with Crippen LogP contribution in [0.25, 0.3) is 0 Å². The monoisotopic (exact) mass is 326 g/mol. The molecule has 0 aliphatic rings. The fourth-order valence-corrected chi connectivity index (χ4v) is 2.00. The predicted octanol–water partition coefficient (Wildman–Crippen LogP) is 1.66. The second-order valence-corrected chi connectivity index (χ2v) is 5.00. The predicted molar refractivity (Wildman–Crippen MR) is 95.0 cm³/mol. The van der Waals surface area contributed by atoms with Crippen molar-refractivity contribution in [2.75, 3.05) is 5.32 Å². The third-order valence-corrected chi connectivity index (χ3v) is 3.07. The van der Waals surface area contributed by atoms with Gasteiger partial charge >= 0.3 is 5.97 Å². The van der Waals surface area contributed by atoms with Crippen LogP contribution in [0, 0.1) is 6.92 Å². The molecule has 0 aromatic heterocycles. The summed E-state index contributed by atoms with van der Waals surface area (Å²) in [6.45, 7) is 1.96. The fraction of sp³-hybridized carbons (Fsp3) is 0.0625. The Labute approximate surface area is 138 Å². The van der Waals surface area contributed by atoms with E-state index in [1.54, 1.807) is 12.1 Å². The molecule has 8 N–H and O–H groups in total. The number of anilines is 2. The summed E-state index contributed by atoms with van der Waals surface area (Å²) in [7, 11) is 0. The Balaban J connectivity index is 2.51. The van der Waals surface area contributed by atoms with Crippen molar-refractivity contribution < 1.29 is 9.90 Å². The molecular weight excluding hydrogens is 308 g/mol. The van der Waals surface area contributed by atoms with Gasteiger partial charge in [0.25, 0.3) is 0 Å². The maximum Gasteiger partial charge on any atom is 0.337 e. The number of aliphatic imine (C=N–C) groups is 2. The number of para-hydroxylation sites is 1. The minimum Gasteiger partial charge on any atom is -0.478 e. The highest BCUT2D eigenvalue weighted by Gasteiger charge is 2.14. The van der Waals surface area contributed by atoms with Gasteiger partial charge in [0.2, 0.25) is 5.96 Å². The molecule has 2 rings (SSSR count). The summed E-state index contributed by atoms with van der Waals surface area (Å²) in [6, 6.07) is 12.1. The lowest BCUT2D eigenvalue weighted by atomic mass is 10.1. The van der Waals surface area contributed by atoms with Gasteiger partial charge in [-0.25, -0.2) is 9.79 Å². The zero-order chi connectivity index (χ0) is 17.7. The molecule has 0 spiro atoms. The topological polar surface area (TPSA) is 152 Å². The molecule has 24 heavy (non-hydrogen) atoms. The average molecular weight is 326 g/mol. The number of nitrogens with two attached hydrogens (primary N) is 3. The molecule has 0 aliphatic heterocycles. The minimum atomic E-state index is -1.10. The second-order valence-electron chi connectivity index (χ2n) is 5.00. The Morgan fingerprint density at radius 1 is 1.08 bits per heavy atom. The Morgan fingerprint density at radius 3 is 2.33 bits per heavy atom. The van der Waals surface area contributed by atoms with Gasteiger partial charge < -0.3 is 27.6 Å². The molecule has 0 unspecified atom stereocenters. The molecule has 0 atom stereocenters. The van der Waals surface area contributed by atoms with Gasteiger partial charge in [-0.15, -0.1) is 0 Å². The van der Waals surface area contributed by atoms with Crippen LogP contribution in [0.1, 0.15) is 15.9 Å². The van der Waals surface area contributed by atoms with E-state index in [4.69, 9.17) is 17.2 Å². The summed E-state index contributed by atoms with van der Waals surface area (Å²) in [4.78, 5) is 19.2. The molecule has 124 valence electrons. The fourth-order valence-electron chi connectivity index (χ4n) is 2.00. The van der Waals surface area contributed by atoms with E-state index in [0.29, 0.717) is 17.1 Å².